The molecule has 0 N–H and O–H groups in total. The Balaban J connectivity index is 2.51. The van der Waals surface area contributed by atoms with Gasteiger partial charge in [0.15, 0.2) is 4.33 Å². The van der Waals surface area contributed by atoms with Crippen LogP contribution in [0.2, 0.25) is 5.02 Å². The van der Waals surface area contributed by atoms with Crippen molar-refractivity contribution < 1.29 is 9.31 Å². The number of alkyl halides is 2. The van der Waals surface area contributed by atoms with Crippen LogP contribution in [0.15, 0.2) is 42.5 Å². The fourth-order valence-electron chi connectivity index (χ4n) is 1.67. The predicted octanol–water partition coefficient (Wildman–Crippen LogP) is 5.07. The smallest absolute Gasteiger partial charge is 0.258 e. The van der Waals surface area contributed by atoms with Crippen LogP contribution in [0.1, 0.15) is 11.1 Å². The number of hydrogen-bond acceptors (Lipinski definition) is 2. The van der Waals surface area contributed by atoms with E-state index in [9.17, 15) is 14.5 Å². The van der Waals surface area contributed by atoms with Crippen molar-refractivity contribution >= 4 is 40.5 Å². The van der Waals surface area contributed by atoms with E-state index in [0.717, 1.165) is 0 Å². The van der Waals surface area contributed by atoms with Crippen molar-refractivity contribution in [2.24, 2.45) is 0 Å². The summed E-state index contributed by atoms with van der Waals surface area (Å²) in [6.07, 6.45) is 0. The number of nitro groups is 1. The van der Waals surface area contributed by atoms with Gasteiger partial charge >= 0.3 is 0 Å². The lowest BCUT2D eigenvalue weighted by Crippen LogP contribution is -2.12. The topological polar surface area (TPSA) is 43.1 Å². The van der Waals surface area contributed by atoms with Gasteiger partial charge in [0, 0.05) is 6.07 Å². The quantitative estimate of drug-likeness (QED) is 0.447. The molecule has 0 amide bonds. The van der Waals surface area contributed by atoms with Gasteiger partial charge in [0.05, 0.1) is 4.92 Å². The molecule has 0 saturated heterocycles. The minimum atomic E-state index is -1.54. The van der Waals surface area contributed by atoms with Crippen molar-refractivity contribution in [3.8, 4) is 0 Å². The second-order valence-corrected chi connectivity index (χ2v) is 5.74. The standard InChI is InChI=1S/C13H7Cl3FNO2/c14-11-6-3-9(7-12(11)18(19)20)13(15,16)8-1-4-10(17)5-2-8/h1-7H. The number of benzene rings is 2. The Morgan fingerprint density at radius 3 is 2.15 bits per heavy atom. The normalized spacial score (nSPS) is 11.4. The molecule has 0 saturated carbocycles. The zero-order chi connectivity index (χ0) is 14.9. The lowest BCUT2D eigenvalue weighted by molar-refractivity contribution is -0.384. The lowest BCUT2D eigenvalue weighted by atomic mass is 10.0. The molecule has 0 radical (unpaired) electrons. The summed E-state index contributed by atoms with van der Waals surface area (Å²) < 4.78 is 11.4. The van der Waals surface area contributed by atoms with E-state index in [2.05, 4.69) is 0 Å². The highest BCUT2D eigenvalue weighted by Crippen LogP contribution is 2.42. The van der Waals surface area contributed by atoms with Crippen LogP contribution < -0.4 is 0 Å². The first-order valence-corrected chi connectivity index (χ1v) is 6.54. The largest absolute Gasteiger partial charge is 0.288 e. The third-order valence-electron chi connectivity index (χ3n) is 2.71. The monoisotopic (exact) mass is 333 g/mol. The SMILES string of the molecule is O=[N+]([O-])c1cc(C(Cl)(Cl)c2ccc(F)cc2)ccc1Cl. The highest BCUT2D eigenvalue weighted by molar-refractivity contribution is 6.50. The fourth-order valence-corrected chi connectivity index (χ4v) is 2.35. The second-order valence-electron chi connectivity index (χ2n) is 4.00. The molecular formula is C13H7Cl3FNO2. The maximum atomic E-state index is 12.9. The molecule has 7 heteroatoms. The van der Waals surface area contributed by atoms with E-state index in [0.29, 0.717) is 5.56 Å². The zero-order valence-corrected chi connectivity index (χ0v) is 12.1. The maximum Gasteiger partial charge on any atom is 0.288 e. The van der Waals surface area contributed by atoms with Gasteiger partial charge in [-0.25, -0.2) is 4.39 Å². The molecule has 3 nitrogen and oxygen atoms in total. The highest BCUT2D eigenvalue weighted by atomic mass is 35.5. The Labute approximate surface area is 129 Å². The van der Waals surface area contributed by atoms with Gasteiger partial charge in [0.2, 0.25) is 0 Å². The Bertz CT molecular complexity index is 659. The molecule has 0 aliphatic carbocycles. The highest BCUT2D eigenvalue weighted by Gasteiger charge is 2.31. The van der Waals surface area contributed by atoms with Crippen molar-refractivity contribution in [2.45, 2.75) is 4.33 Å². The minimum Gasteiger partial charge on any atom is -0.258 e. The van der Waals surface area contributed by atoms with E-state index >= 15 is 0 Å². The van der Waals surface area contributed by atoms with Crippen LogP contribution in [0.25, 0.3) is 0 Å². The molecule has 0 atom stereocenters. The summed E-state index contributed by atoms with van der Waals surface area (Å²) in [5.74, 6) is -0.431. The molecule has 0 bridgehead atoms. The average molecular weight is 335 g/mol. The summed E-state index contributed by atoms with van der Waals surface area (Å²) in [4.78, 5) is 10.2. The molecule has 0 heterocycles. The molecule has 20 heavy (non-hydrogen) atoms. The molecule has 0 fully saturated rings. The van der Waals surface area contributed by atoms with E-state index in [1.54, 1.807) is 0 Å². The van der Waals surface area contributed by atoms with Gasteiger partial charge in [0.1, 0.15) is 10.8 Å². The van der Waals surface area contributed by atoms with E-state index in [4.69, 9.17) is 34.8 Å². The van der Waals surface area contributed by atoms with E-state index in [1.807, 2.05) is 0 Å². The first kappa shape index (κ1) is 15.0. The second kappa shape index (κ2) is 5.56. The van der Waals surface area contributed by atoms with Crippen molar-refractivity contribution in [3.63, 3.8) is 0 Å². The molecular weight excluding hydrogens is 328 g/mol. The number of hydrogen-bond donors (Lipinski definition) is 0. The zero-order valence-electron chi connectivity index (χ0n) is 9.82. The Morgan fingerprint density at radius 2 is 1.60 bits per heavy atom. The first-order valence-electron chi connectivity index (χ1n) is 5.40. The van der Waals surface area contributed by atoms with Crippen LogP contribution in [-0.4, -0.2) is 4.92 Å². The van der Waals surface area contributed by atoms with Gasteiger partial charge in [-0.15, -0.1) is 0 Å². The van der Waals surface area contributed by atoms with Crippen molar-refractivity contribution in [1.29, 1.82) is 0 Å². The van der Waals surface area contributed by atoms with Gasteiger partial charge in [-0.05, 0) is 29.3 Å². The summed E-state index contributed by atoms with van der Waals surface area (Å²) in [5, 5.41) is 10.9. The van der Waals surface area contributed by atoms with Gasteiger partial charge in [-0.2, -0.15) is 0 Å². The third-order valence-corrected chi connectivity index (χ3v) is 3.90. The van der Waals surface area contributed by atoms with E-state index in [1.165, 1.54) is 42.5 Å². The van der Waals surface area contributed by atoms with Crippen LogP contribution >= 0.6 is 34.8 Å². The number of halogens is 4. The molecule has 2 rings (SSSR count). The summed E-state index contributed by atoms with van der Waals surface area (Å²) >= 11 is 18.2. The molecule has 2 aromatic carbocycles. The number of rotatable bonds is 3. The molecule has 104 valence electrons. The third kappa shape index (κ3) is 2.87. The summed E-state index contributed by atoms with van der Waals surface area (Å²) in [6, 6.07) is 9.27. The molecule has 0 spiro atoms. The summed E-state index contributed by atoms with van der Waals surface area (Å²) in [7, 11) is 0. The van der Waals surface area contributed by atoms with Crippen LogP contribution in [0.3, 0.4) is 0 Å². The van der Waals surface area contributed by atoms with Crippen LogP contribution in [0.5, 0.6) is 0 Å². The van der Waals surface area contributed by atoms with Crippen LogP contribution in [0.4, 0.5) is 10.1 Å². The van der Waals surface area contributed by atoms with Crippen molar-refractivity contribution in [3.05, 3.63) is 74.5 Å². The van der Waals surface area contributed by atoms with E-state index < -0.39 is 15.1 Å². The fraction of sp³-hybridized carbons (Fsp3) is 0.0769. The summed E-state index contributed by atoms with van der Waals surface area (Å²) in [6.45, 7) is 0. The molecule has 2 aromatic rings. The first-order chi connectivity index (χ1) is 9.32. The Morgan fingerprint density at radius 1 is 1.05 bits per heavy atom. The van der Waals surface area contributed by atoms with E-state index in [-0.39, 0.29) is 16.3 Å². The number of nitro benzene ring substituents is 1. The maximum absolute atomic E-state index is 12.9. The van der Waals surface area contributed by atoms with Gasteiger partial charge in [-0.3, -0.25) is 10.1 Å². The van der Waals surface area contributed by atoms with Crippen LogP contribution in [0, 0.1) is 15.9 Å². The van der Waals surface area contributed by atoms with Crippen molar-refractivity contribution in [2.75, 3.05) is 0 Å². The summed E-state index contributed by atoms with van der Waals surface area (Å²) in [5.41, 5.74) is 0.388. The molecule has 0 aliphatic rings. The molecule has 0 unspecified atom stereocenters. The predicted molar refractivity (Wildman–Crippen MR) is 77.0 cm³/mol. The van der Waals surface area contributed by atoms with Gasteiger partial charge in [-0.1, -0.05) is 53.0 Å². The van der Waals surface area contributed by atoms with Gasteiger partial charge < -0.3 is 0 Å². The minimum absolute atomic E-state index is 0.0120. The Kier molecular flexibility index (Phi) is 4.18. The molecule has 0 aliphatic heterocycles. The molecule has 0 aromatic heterocycles. The Hall–Kier alpha value is -1.36. The van der Waals surface area contributed by atoms with Crippen molar-refractivity contribution in [1.82, 2.24) is 0 Å². The van der Waals surface area contributed by atoms with Crippen LogP contribution in [-0.2, 0) is 4.33 Å². The lowest BCUT2D eigenvalue weighted by Gasteiger charge is -2.20. The number of nitrogens with zero attached hydrogens (tertiary/aromatic N) is 1. The van der Waals surface area contributed by atoms with Gasteiger partial charge in [0.25, 0.3) is 5.69 Å². The average Bonchev–Trinajstić information content (AvgIpc) is 2.39.